The Bertz CT molecular complexity index is 378. The van der Waals surface area contributed by atoms with Crippen molar-refractivity contribution in [2.75, 3.05) is 23.7 Å². The van der Waals surface area contributed by atoms with Crippen LogP contribution >= 0.6 is 0 Å². The van der Waals surface area contributed by atoms with Crippen molar-refractivity contribution < 1.29 is 4.39 Å². The second kappa shape index (κ2) is 4.32. The van der Waals surface area contributed by atoms with Crippen LogP contribution in [0.5, 0.6) is 0 Å². The van der Waals surface area contributed by atoms with Crippen LogP contribution in [0, 0.1) is 17.7 Å². The zero-order valence-corrected chi connectivity index (χ0v) is 9.91. The molecule has 1 heterocycles. The van der Waals surface area contributed by atoms with Crippen LogP contribution in [0.1, 0.15) is 20.3 Å². The Morgan fingerprint density at radius 2 is 2.06 bits per heavy atom. The first-order chi connectivity index (χ1) is 7.58. The molecule has 1 aliphatic rings. The van der Waals surface area contributed by atoms with Crippen LogP contribution in [0.25, 0.3) is 0 Å². The molecule has 1 aliphatic heterocycles. The van der Waals surface area contributed by atoms with E-state index in [0.717, 1.165) is 25.4 Å². The molecule has 1 saturated heterocycles. The molecule has 1 aromatic carbocycles. The van der Waals surface area contributed by atoms with Crippen LogP contribution < -0.4 is 10.6 Å². The van der Waals surface area contributed by atoms with Crippen LogP contribution in [0.15, 0.2) is 18.2 Å². The van der Waals surface area contributed by atoms with Crippen molar-refractivity contribution in [3.05, 3.63) is 24.0 Å². The molecule has 0 radical (unpaired) electrons. The molecule has 0 aliphatic carbocycles. The monoisotopic (exact) mass is 222 g/mol. The first-order valence-electron chi connectivity index (χ1n) is 5.88. The standard InChI is InChI=1S/C13H19FN2/c1-9-5-6-16(8-10(9)2)13-4-3-11(15)7-12(13)14/h3-4,7,9-10H,5-6,8,15H2,1-2H3. The molecule has 0 amide bonds. The quantitative estimate of drug-likeness (QED) is 0.740. The highest BCUT2D eigenvalue weighted by atomic mass is 19.1. The topological polar surface area (TPSA) is 29.3 Å². The fourth-order valence-corrected chi connectivity index (χ4v) is 2.26. The lowest BCUT2D eigenvalue weighted by Gasteiger charge is -2.37. The summed E-state index contributed by atoms with van der Waals surface area (Å²) in [6, 6.07) is 4.95. The number of anilines is 2. The highest BCUT2D eigenvalue weighted by Gasteiger charge is 2.24. The van der Waals surface area contributed by atoms with E-state index in [1.54, 1.807) is 12.1 Å². The van der Waals surface area contributed by atoms with Gasteiger partial charge in [-0.3, -0.25) is 0 Å². The molecule has 0 saturated carbocycles. The lowest BCUT2D eigenvalue weighted by atomic mass is 9.88. The Morgan fingerprint density at radius 3 is 2.69 bits per heavy atom. The third kappa shape index (κ3) is 2.13. The molecule has 88 valence electrons. The van der Waals surface area contributed by atoms with E-state index in [1.807, 2.05) is 0 Å². The summed E-state index contributed by atoms with van der Waals surface area (Å²) >= 11 is 0. The first kappa shape index (κ1) is 11.2. The summed E-state index contributed by atoms with van der Waals surface area (Å²) in [6.45, 7) is 6.36. The van der Waals surface area contributed by atoms with Crippen LogP contribution in [-0.4, -0.2) is 13.1 Å². The minimum atomic E-state index is -0.207. The minimum Gasteiger partial charge on any atom is -0.399 e. The van der Waals surface area contributed by atoms with E-state index in [4.69, 9.17) is 5.73 Å². The van der Waals surface area contributed by atoms with Crippen molar-refractivity contribution in [1.82, 2.24) is 0 Å². The molecule has 2 unspecified atom stereocenters. The van der Waals surface area contributed by atoms with Crippen LogP contribution in [0.4, 0.5) is 15.8 Å². The number of hydrogen-bond donors (Lipinski definition) is 1. The average Bonchev–Trinajstić information content (AvgIpc) is 2.22. The van der Waals surface area contributed by atoms with Gasteiger partial charge in [0, 0.05) is 18.8 Å². The largest absolute Gasteiger partial charge is 0.399 e. The molecule has 2 nitrogen and oxygen atoms in total. The first-order valence-corrected chi connectivity index (χ1v) is 5.88. The average molecular weight is 222 g/mol. The van der Waals surface area contributed by atoms with Crippen molar-refractivity contribution in [1.29, 1.82) is 0 Å². The Kier molecular flexibility index (Phi) is 3.03. The number of halogens is 1. The Morgan fingerprint density at radius 1 is 1.31 bits per heavy atom. The Hall–Kier alpha value is -1.25. The molecular weight excluding hydrogens is 203 g/mol. The second-order valence-corrected chi connectivity index (χ2v) is 4.90. The van der Waals surface area contributed by atoms with Gasteiger partial charge in [0.15, 0.2) is 0 Å². The number of rotatable bonds is 1. The third-order valence-corrected chi connectivity index (χ3v) is 3.65. The van der Waals surface area contributed by atoms with Crippen molar-refractivity contribution in [3.63, 3.8) is 0 Å². The van der Waals surface area contributed by atoms with E-state index in [-0.39, 0.29) is 5.82 Å². The fourth-order valence-electron chi connectivity index (χ4n) is 2.26. The number of benzene rings is 1. The molecule has 1 aromatic rings. The summed E-state index contributed by atoms with van der Waals surface area (Å²) in [5, 5.41) is 0. The summed E-state index contributed by atoms with van der Waals surface area (Å²) < 4.78 is 13.7. The highest BCUT2D eigenvalue weighted by Crippen LogP contribution is 2.29. The summed E-state index contributed by atoms with van der Waals surface area (Å²) in [4.78, 5) is 2.12. The van der Waals surface area contributed by atoms with E-state index in [0.29, 0.717) is 17.3 Å². The molecule has 3 heteroatoms. The van der Waals surface area contributed by atoms with E-state index < -0.39 is 0 Å². The van der Waals surface area contributed by atoms with Gasteiger partial charge >= 0.3 is 0 Å². The zero-order chi connectivity index (χ0) is 11.7. The van der Waals surface area contributed by atoms with Gasteiger partial charge in [0.25, 0.3) is 0 Å². The Balaban J connectivity index is 2.18. The maximum atomic E-state index is 13.7. The summed E-state index contributed by atoms with van der Waals surface area (Å²) in [5.41, 5.74) is 6.72. The molecule has 2 rings (SSSR count). The van der Waals surface area contributed by atoms with Gasteiger partial charge in [-0.25, -0.2) is 4.39 Å². The van der Waals surface area contributed by atoms with E-state index in [9.17, 15) is 4.39 Å². The van der Waals surface area contributed by atoms with Crippen LogP contribution in [-0.2, 0) is 0 Å². The summed E-state index contributed by atoms with van der Waals surface area (Å²) in [6.07, 6.45) is 1.13. The van der Waals surface area contributed by atoms with Crippen molar-refractivity contribution in [3.8, 4) is 0 Å². The molecular formula is C13H19FN2. The molecule has 0 spiro atoms. The van der Waals surface area contributed by atoms with E-state index in [1.165, 1.54) is 6.07 Å². The second-order valence-electron chi connectivity index (χ2n) is 4.90. The Labute approximate surface area is 96.2 Å². The number of piperidine rings is 1. The van der Waals surface area contributed by atoms with Crippen LogP contribution in [0.3, 0.4) is 0 Å². The van der Waals surface area contributed by atoms with Gasteiger partial charge in [0.05, 0.1) is 5.69 Å². The van der Waals surface area contributed by atoms with Gasteiger partial charge < -0.3 is 10.6 Å². The molecule has 1 fully saturated rings. The normalized spacial score (nSPS) is 25.8. The van der Waals surface area contributed by atoms with Crippen molar-refractivity contribution >= 4 is 11.4 Å². The van der Waals surface area contributed by atoms with Crippen molar-refractivity contribution in [2.45, 2.75) is 20.3 Å². The fraction of sp³-hybridized carbons (Fsp3) is 0.538. The summed E-state index contributed by atoms with van der Waals surface area (Å²) in [7, 11) is 0. The van der Waals surface area contributed by atoms with E-state index in [2.05, 4.69) is 18.7 Å². The lowest BCUT2D eigenvalue weighted by Crippen LogP contribution is -2.38. The maximum Gasteiger partial charge on any atom is 0.148 e. The third-order valence-electron chi connectivity index (χ3n) is 3.65. The van der Waals surface area contributed by atoms with Crippen LogP contribution in [0.2, 0.25) is 0 Å². The predicted molar refractivity (Wildman–Crippen MR) is 66.0 cm³/mol. The molecule has 2 N–H and O–H groups in total. The lowest BCUT2D eigenvalue weighted by molar-refractivity contribution is 0.322. The van der Waals surface area contributed by atoms with Gasteiger partial charge in [-0.1, -0.05) is 13.8 Å². The highest BCUT2D eigenvalue weighted by molar-refractivity contribution is 5.54. The molecule has 0 bridgehead atoms. The molecule has 16 heavy (non-hydrogen) atoms. The maximum absolute atomic E-state index is 13.7. The van der Waals surface area contributed by atoms with Gasteiger partial charge in [0.1, 0.15) is 5.82 Å². The molecule has 2 atom stereocenters. The predicted octanol–water partition coefficient (Wildman–Crippen LogP) is 2.89. The van der Waals surface area contributed by atoms with Crippen molar-refractivity contribution in [2.24, 2.45) is 11.8 Å². The number of nitrogen functional groups attached to an aromatic ring is 1. The molecule has 0 aromatic heterocycles. The zero-order valence-electron chi connectivity index (χ0n) is 9.91. The summed E-state index contributed by atoms with van der Waals surface area (Å²) in [5.74, 6) is 1.14. The smallest absolute Gasteiger partial charge is 0.148 e. The number of nitrogens with two attached hydrogens (primary N) is 1. The van der Waals surface area contributed by atoms with Gasteiger partial charge in [-0.2, -0.15) is 0 Å². The number of hydrogen-bond acceptors (Lipinski definition) is 2. The van der Waals surface area contributed by atoms with Gasteiger partial charge in [-0.05, 0) is 36.5 Å². The van der Waals surface area contributed by atoms with Gasteiger partial charge in [-0.15, -0.1) is 0 Å². The number of nitrogens with zero attached hydrogens (tertiary/aromatic N) is 1. The van der Waals surface area contributed by atoms with Gasteiger partial charge in [0.2, 0.25) is 0 Å². The SMILES string of the molecule is CC1CCN(c2ccc(N)cc2F)CC1C. The van der Waals surface area contributed by atoms with E-state index >= 15 is 0 Å². The minimum absolute atomic E-state index is 0.207.